The summed E-state index contributed by atoms with van der Waals surface area (Å²) in [6.45, 7) is 1.59. The van der Waals surface area contributed by atoms with Gasteiger partial charge in [0.1, 0.15) is 0 Å². The fraction of sp³-hybridized carbons (Fsp3) is 0.650. The number of nitrogens with zero attached hydrogens (tertiary/aromatic N) is 2. The van der Waals surface area contributed by atoms with Gasteiger partial charge in [-0.2, -0.15) is 0 Å². The van der Waals surface area contributed by atoms with E-state index in [-0.39, 0.29) is 17.9 Å². The van der Waals surface area contributed by atoms with Crippen molar-refractivity contribution in [3.8, 4) is 5.88 Å². The lowest BCUT2D eigenvalue weighted by Crippen LogP contribution is -2.33. The molecule has 1 saturated heterocycles. The Hall–Kier alpha value is -2.15. The number of rotatable bonds is 6. The molecule has 2 amide bonds. The van der Waals surface area contributed by atoms with Gasteiger partial charge >= 0.3 is 0 Å². The monoisotopic (exact) mass is 373 g/mol. The molecule has 0 unspecified atom stereocenters. The molecule has 0 aromatic carbocycles. The van der Waals surface area contributed by atoms with Gasteiger partial charge in [0, 0.05) is 24.8 Å². The van der Waals surface area contributed by atoms with Crippen molar-refractivity contribution < 1.29 is 19.1 Å². The van der Waals surface area contributed by atoms with Crippen molar-refractivity contribution in [3.05, 3.63) is 22.9 Å². The van der Waals surface area contributed by atoms with Gasteiger partial charge in [0.25, 0.3) is 5.91 Å². The first-order valence-corrected chi connectivity index (χ1v) is 9.91. The molecule has 1 N–H and O–H groups in total. The number of amides is 2. The molecular weight excluding hydrogens is 346 g/mol. The molecular formula is C20H27N3O4. The number of ether oxygens (including phenoxy) is 2. The summed E-state index contributed by atoms with van der Waals surface area (Å²) in [6.07, 6.45) is 6.85. The lowest BCUT2D eigenvalue weighted by molar-refractivity contribution is -0.123. The number of nitrogens with one attached hydrogen (secondary N) is 1. The Kier molecular flexibility index (Phi) is 5.29. The lowest BCUT2D eigenvalue weighted by atomic mass is 10.1. The highest BCUT2D eigenvalue weighted by Gasteiger charge is 2.36. The van der Waals surface area contributed by atoms with Crippen LogP contribution in [0.5, 0.6) is 5.88 Å². The maximum atomic E-state index is 12.8. The summed E-state index contributed by atoms with van der Waals surface area (Å²) in [5.74, 6) is 0.481. The fourth-order valence-electron chi connectivity index (χ4n) is 4.36. The number of hydrogen-bond acceptors (Lipinski definition) is 5. The van der Waals surface area contributed by atoms with Gasteiger partial charge in [-0.05, 0) is 31.7 Å². The predicted octanol–water partition coefficient (Wildman–Crippen LogP) is 2.17. The minimum absolute atomic E-state index is 0.0200. The zero-order chi connectivity index (χ0) is 18.8. The van der Waals surface area contributed by atoms with E-state index in [9.17, 15) is 9.59 Å². The van der Waals surface area contributed by atoms with Crippen molar-refractivity contribution in [2.75, 3.05) is 13.7 Å². The highest BCUT2D eigenvalue weighted by molar-refractivity contribution is 5.98. The number of fused-ring (bicyclic) bond motifs is 1. The van der Waals surface area contributed by atoms with Gasteiger partial charge in [0.05, 0.1) is 37.4 Å². The predicted molar refractivity (Wildman–Crippen MR) is 98.4 cm³/mol. The van der Waals surface area contributed by atoms with E-state index in [0.717, 1.165) is 43.5 Å². The van der Waals surface area contributed by atoms with Crippen LogP contribution in [0.25, 0.3) is 0 Å². The minimum atomic E-state index is -0.0524. The van der Waals surface area contributed by atoms with Crippen LogP contribution in [-0.4, -0.2) is 47.6 Å². The normalized spacial score (nSPS) is 22.3. The molecule has 0 radical (unpaired) electrons. The molecule has 1 aliphatic carbocycles. The maximum Gasteiger partial charge on any atom is 0.256 e. The number of pyridine rings is 1. The third kappa shape index (κ3) is 3.78. The number of carbonyl (C=O) groups excluding carboxylic acids is 2. The van der Waals surface area contributed by atoms with E-state index < -0.39 is 0 Å². The molecule has 3 aliphatic rings. The molecule has 0 spiro atoms. The van der Waals surface area contributed by atoms with E-state index >= 15 is 0 Å². The summed E-state index contributed by atoms with van der Waals surface area (Å²) in [7, 11) is 1.57. The largest absolute Gasteiger partial charge is 0.481 e. The van der Waals surface area contributed by atoms with E-state index in [1.165, 1.54) is 12.8 Å². The van der Waals surface area contributed by atoms with Crippen molar-refractivity contribution in [2.24, 2.45) is 0 Å². The third-order valence-electron chi connectivity index (χ3n) is 5.82. The van der Waals surface area contributed by atoms with Crippen LogP contribution in [0.3, 0.4) is 0 Å². The van der Waals surface area contributed by atoms with Gasteiger partial charge in [-0.3, -0.25) is 9.59 Å². The number of methoxy groups -OCH3 is 1. The molecule has 0 bridgehead atoms. The highest BCUT2D eigenvalue weighted by atomic mass is 16.5. The van der Waals surface area contributed by atoms with Gasteiger partial charge in [-0.25, -0.2) is 4.98 Å². The van der Waals surface area contributed by atoms with Crippen LogP contribution < -0.4 is 10.1 Å². The van der Waals surface area contributed by atoms with E-state index in [1.807, 2.05) is 11.0 Å². The van der Waals surface area contributed by atoms with Crippen molar-refractivity contribution in [3.63, 3.8) is 0 Å². The van der Waals surface area contributed by atoms with Gasteiger partial charge < -0.3 is 19.7 Å². The molecule has 7 nitrogen and oxygen atoms in total. The number of hydrogen-bond donors (Lipinski definition) is 1. The molecule has 4 rings (SSSR count). The van der Waals surface area contributed by atoms with Crippen LogP contribution in [-0.2, 0) is 22.6 Å². The van der Waals surface area contributed by atoms with Gasteiger partial charge in [0.2, 0.25) is 11.8 Å². The first-order valence-electron chi connectivity index (χ1n) is 9.91. The summed E-state index contributed by atoms with van der Waals surface area (Å²) in [5, 5.41) is 2.91. The van der Waals surface area contributed by atoms with Gasteiger partial charge in [0.15, 0.2) is 0 Å². The summed E-state index contributed by atoms with van der Waals surface area (Å²) >= 11 is 0. The Balaban J connectivity index is 1.44. The molecule has 7 heteroatoms. The average molecular weight is 373 g/mol. The summed E-state index contributed by atoms with van der Waals surface area (Å²) in [5.41, 5.74) is 2.16. The second-order valence-corrected chi connectivity index (χ2v) is 7.64. The average Bonchev–Trinajstić information content (AvgIpc) is 3.41. The second kappa shape index (κ2) is 7.84. The van der Waals surface area contributed by atoms with Crippen LogP contribution in [0.2, 0.25) is 0 Å². The SMILES string of the molecule is COc1nc2c(cc1CNC(=O)C[C@@H]1CCCO1)C(=O)N(C1CCCC1)C2. The first kappa shape index (κ1) is 18.2. The van der Waals surface area contributed by atoms with Crippen molar-refractivity contribution in [1.82, 2.24) is 15.2 Å². The van der Waals surface area contributed by atoms with E-state index in [2.05, 4.69) is 10.3 Å². The third-order valence-corrected chi connectivity index (χ3v) is 5.82. The summed E-state index contributed by atoms with van der Waals surface area (Å²) < 4.78 is 10.9. The zero-order valence-corrected chi connectivity index (χ0v) is 15.8. The zero-order valence-electron chi connectivity index (χ0n) is 15.8. The Labute approximate surface area is 159 Å². The summed E-state index contributed by atoms with van der Waals surface area (Å²) in [6, 6.07) is 2.16. The minimum Gasteiger partial charge on any atom is -0.481 e. The van der Waals surface area contributed by atoms with E-state index in [1.54, 1.807) is 7.11 Å². The Morgan fingerprint density at radius 2 is 2.15 bits per heavy atom. The Morgan fingerprint density at radius 1 is 1.33 bits per heavy atom. The molecule has 27 heavy (non-hydrogen) atoms. The molecule has 1 saturated carbocycles. The fourth-order valence-corrected chi connectivity index (χ4v) is 4.36. The van der Waals surface area contributed by atoms with Crippen molar-refractivity contribution >= 4 is 11.8 Å². The molecule has 1 atom stereocenters. The number of aromatic nitrogens is 1. The molecule has 2 aliphatic heterocycles. The van der Waals surface area contributed by atoms with Crippen LogP contribution in [0.1, 0.15) is 66.6 Å². The van der Waals surface area contributed by atoms with E-state index in [4.69, 9.17) is 9.47 Å². The Bertz CT molecular complexity index is 724. The lowest BCUT2D eigenvalue weighted by Gasteiger charge is -2.22. The molecule has 3 heterocycles. The molecule has 146 valence electrons. The van der Waals surface area contributed by atoms with Crippen LogP contribution in [0.4, 0.5) is 0 Å². The van der Waals surface area contributed by atoms with Crippen LogP contribution in [0.15, 0.2) is 6.07 Å². The molecule has 2 fully saturated rings. The highest BCUT2D eigenvalue weighted by Crippen LogP contribution is 2.33. The standard InChI is InChI=1S/C20H27N3O4/c1-26-19-13(11-21-18(24)10-15-7-4-8-27-15)9-16-17(22-19)12-23(20(16)25)14-5-2-3-6-14/h9,14-15H,2-8,10-12H2,1H3,(H,21,24)/t15-/m0/s1. The second-order valence-electron chi connectivity index (χ2n) is 7.64. The quantitative estimate of drug-likeness (QED) is 0.827. The Morgan fingerprint density at radius 3 is 2.85 bits per heavy atom. The van der Waals surface area contributed by atoms with Gasteiger partial charge in [-0.1, -0.05) is 12.8 Å². The van der Waals surface area contributed by atoms with Crippen molar-refractivity contribution in [1.29, 1.82) is 0 Å². The van der Waals surface area contributed by atoms with Crippen LogP contribution in [0, 0.1) is 0 Å². The van der Waals surface area contributed by atoms with Crippen molar-refractivity contribution in [2.45, 2.75) is 70.2 Å². The topological polar surface area (TPSA) is 80.8 Å². The number of carbonyl (C=O) groups is 2. The first-order chi connectivity index (χ1) is 13.2. The van der Waals surface area contributed by atoms with E-state index in [0.29, 0.717) is 37.0 Å². The molecule has 1 aromatic heterocycles. The summed E-state index contributed by atoms with van der Waals surface area (Å²) in [4.78, 5) is 31.5. The van der Waals surface area contributed by atoms with Gasteiger partial charge in [-0.15, -0.1) is 0 Å². The van der Waals surface area contributed by atoms with Crippen LogP contribution >= 0.6 is 0 Å². The smallest absolute Gasteiger partial charge is 0.256 e. The maximum absolute atomic E-state index is 12.8. The molecule has 1 aromatic rings.